The summed E-state index contributed by atoms with van der Waals surface area (Å²) < 4.78 is 0. The average Bonchev–Trinajstić information content (AvgIpc) is 2.40. The smallest absolute Gasteiger partial charge is 0.101 e. The molecule has 3 nitrogen and oxygen atoms in total. The SMILES string of the molecule is CCCCN(c1ccc(N)c(C#N)c1)C(C)CC. The first-order valence-electron chi connectivity index (χ1n) is 6.70. The average molecular weight is 245 g/mol. The van der Waals surface area contributed by atoms with Crippen molar-refractivity contribution in [2.45, 2.75) is 46.1 Å². The minimum absolute atomic E-state index is 0.478. The van der Waals surface area contributed by atoms with Crippen LogP contribution in [0.2, 0.25) is 0 Å². The molecule has 0 aliphatic rings. The van der Waals surface area contributed by atoms with E-state index in [4.69, 9.17) is 11.0 Å². The molecule has 1 aromatic carbocycles. The van der Waals surface area contributed by atoms with Gasteiger partial charge in [0.2, 0.25) is 0 Å². The lowest BCUT2D eigenvalue weighted by Gasteiger charge is -2.31. The molecule has 2 N–H and O–H groups in total. The molecular formula is C15H23N3. The van der Waals surface area contributed by atoms with Crippen LogP contribution in [0.1, 0.15) is 45.6 Å². The number of nitrogen functional groups attached to an aromatic ring is 1. The minimum Gasteiger partial charge on any atom is -0.398 e. The highest BCUT2D eigenvalue weighted by atomic mass is 15.2. The molecule has 0 heterocycles. The second-order valence-electron chi connectivity index (χ2n) is 4.69. The van der Waals surface area contributed by atoms with Gasteiger partial charge in [0.25, 0.3) is 0 Å². The summed E-state index contributed by atoms with van der Waals surface area (Å²) in [6.45, 7) is 7.63. The summed E-state index contributed by atoms with van der Waals surface area (Å²) >= 11 is 0. The lowest BCUT2D eigenvalue weighted by Crippen LogP contribution is -2.33. The first kappa shape index (κ1) is 14.4. The number of nitrogens with two attached hydrogens (primary N) is 1. The van der Waals surface area contributed by atoms with Gasteiger partial charge in [0.1, 0.15) is 6.07 Å². The molecule has 3 heteroatoms. The molecule has 0 saturated heterocycles. The van der Waals surface area contributed by atoms with Gasteiger partial charge >= 0.3 is 0 Å². The Kier molecular flexibility index (Phi) is 5.51. The van der Waals surface area contributed by atoms with Crippen molar-refractivity contribution in [2.24, 2.45) is 0 Å². The van der Waals surface area contributed by atoms with Gasteiger partial charge in [-0.05, 0) is 38.0 Å². The summed E-state index contributed by atoms with van der Waals surface area (Å²) in [6, 6.07) is 8.37. The van der Waals surface area contributed by atoms with Crippen LogP contribution in [0.3, 0.4) is 0 Å². The van der Waals surface area contributed by atoms with Gasteiger partial charge in [-0.25, -0.2) is 0 Å². The van der Waals surface area contributed by atoms with Crippen molar-refractivity contribution in [3.63, 3.8) is 0 Å². The molecular weight excluding hydrogens is 222 g/mol. The second-order valence-corrected chi connectivity index (χ2v) is 4.69. The van der Waals surface area contributed by atoms with Crippen molar-refractivity contribution in [3.8, 4) is 6.07 Å². The Hall–Kier alpha value is -1.69. The zero-order chi connectivity index (χ0) is 13.5. The fourth-order valence-corrected chi connectivity index (χ4v) is 1.97. The third-order valence-corrected chi connectivity index (χ3v) is 3.36. The monoisotopic (exact) mass is 245 g/mol. The largest absolute Gasteiger partial charge is 0.398 e. The number of hydrogen-bond acceptors (Lipinski definition) is 3. The lowest BCUT2D eigenvalue weighted by molar-refractivity contribution is 0.596. The van der Waals surface area contributed by atoms with E-state index in [2.05, 4.69) is 31.7 Å². The van der Waals surface area contributed by atoms with Crippen LogP contribution in [0.15, 0.2) is 18.2 Å². The van der Waals surface area contributed by atoms with Gasteiger partial charge in [-0.2, -0.15) is 5.26 Å². The maximum Gasteiger partial charge on any atom is 0.101 e. The van der Waals surface area contributed by atoms with Crippen molar-refractivity contribution in [2.75, 3.05) is 17.2 Å². The topological polar surface area (TPSA) is 53.0 Å². The number of benzene rings is 1. The summed E-state index contributed by atoms with van der Waals surface area (Å²) in [4.78, 5) is 2.36. The van der Waals surface area contributed by atoms with Crippen LogP contribution in [0.4, 0.5) is 11.4 Å². The Morgan fingerprint density at radius 2 is 2.11 bits per heavy atom. The molecule has 0 fully saturated rings. The molecule has 0 spiro atoms. The molecule has 0 bridgehead atoms. The van der Waals surface area contributed by atoms with E-state index >= 15 is 0 Å². The molecule has 1 unspecified atom stereocenters. The molecule has 0 radical (unpaired) electrons. The van der Waals surface area contributed by atoms with E-state index in [-0.39, 0.29) is 0 Å². The molecule has 0 aromatic heterocycles. The number of nitriles is 1. The quantitative estimate of drug-likeness (QED) is 0.780. The van der Waals surface area contributed by atoms with Crippen LogP contribution < -0.4 is 10.6 Å². The molecule has 1 rings (SSSR count). The van der Waals surface area contributed by atoms with Gasteiger partial charge in [0.05, 0.1) is 5.56 Å². The Morgan fingerprint density at radius 1 is 1.39 bits per heavy atom. The number of anilines is 2. The first-order chi connectivity index (χ1) is 8.63. The van der Waals surface area contributed by atoms with E-state index in [1.165, 1.54) is 6.42 Å². The Morgan fingerprint density at radius 3 is 2.67 bits per heavy atom. The molecule has 1 atom stereocenters. The van der Waals surface area contributed by atoms with E-state index in [1.807, 2.05) is 18.2 Å². The van der Waals surface area contributed by atoms with E-state index in [1.54, 1.807) is 0 Å². The minimum atomic E-state index is 0.478. The highest BCUT2D eigenvalue weighted by Crippen LogP contribution is 2.23. The van der Waals surface area contributed by atoms with Gasteiger partial charge in [-0.1, -0.05) is 20.3 Å². The summed E-state index contributed by atoms with van der Waals surface area (Å²) in [6.07, 6.45) is 3.43. The third-order valence-electron chi connectivity index (χ3n) is 3.36. The van der Waals surface area contributed by atoms with Gasteiger partial charge in [0, 0.05) is 24.0 Å². The van der Waals surface area contributed by atoms with Crippen LogP contribution in [-0.2, 0) is 0 Å². The second kappa shape index (κ2) is 6.90. The number of rotatable bonds is 6. The van der Waals surface area contributed by atoms with E-state index in [9.17, 15) is 0 Å². The summed E-state index contributed by atoms with van der Waals surface area (Å²) in [7, 11) is 0. The van der Waals surface area contributed by atoms with E-state index in [0.29, 0.717) is 17.3 Å². The highest BCUT2D eigenvalue weighted by Gasteiger charge is 2.13. The van der Waals surface area contributed by atoms with Gasteiger partial charge < -0.3 is 10.6 Å². The van der Waals surface area contributed by atoms with Gasteiger partial charge in [-0.3, -0.25) is 0 Å². The number of unbranched alkanes of at least 4 members (excludes halogenated alkanes) is 1. The molecule has 0 amide bonds. The van der Waals surface area contributed by atoms with Crippen molar-refractivity contribution < 1.29 is 0 Å². The van der Waals surface area contributed by atoms with E-state index < -0.39 is 0 Å². The number of nitrogens with zero attached hydrogens (tertiary/aromatic N) is 2. The fraction of sp³-hybridized carbons (Fsp3) is 0.533. The summed E-state index contributed by atoms with van der Waals surface area (Å²) in [5.74, 6) is 0. The van der Waals surface area contributed by atoms with Crippen LogP contribution in [0, 0.1) is 11.3 Å². The van der Waals surface area contributed by atoms with Crippen molar-refractivity contribution in [1.29, 1.82) is 5.26 Å². The van der Waals surface area contributed by atoms with Crippen molar-refractivity contribution in [1.82, 2.24) is 0 Å². The fourth-order valence-electron chi connectivity index (χ4n) is 1.97. The normalized spacial score (nSPS) is 11.9. The van der Waals surface area contributed by atoms with Crippen LogP contribution in [0.5, 0.6) is 0 Å². The molecule has 1 aromatic rings. The summed E-state index contributed by atoms with van der Waals surface area (Å²) in [5, 5.41) is 9.05. The van der Waals surface area contributed by atoms with Crippen LogP contribution in [0.25, 0.3) is 0 Å². The molecule has 0 aliphatic carbocycles. The zero-order valence-corrected chi connectivity index (χ0v) is 11.6. The standard InChI is InChI=1S/C15H23N3/c1-4-6-9-18(12(3)5-2)14-7-8-15(17)13(10-14)11-16/h7-8,10,12H,4-6,9,17H2,1-3H3. The maximum absolute atomic E-state index is 9.05. The molecule has 98 valence electrons. The Labute approximate surface area is 110 Å². The number of hydrogen-bond donors (Lipinski definition) is 1. The molecule has 0 aliphatic heterocycles. The molecule has 18 heavy (non-hydrogen) atoms. The lowest BCUT2D eigenvalue weighted by atomic mass is 10.1. The highest BCUT2D eigenvalue weighted by molar-refractivity contribution is 5.63. The van der Waals surface area contributed by atoms with Crippen molar-refractivity contribution in [3.05, 3.63) is 23.8 Å². The third kappa shape index (κ3) is 3.40. The predicted molar refractivity (Wildman–Crippen MR) is 77.6 cm³/mol. The van der Waals surface area contributed by atoms with Crippen LogP contribution >= 0.6 is 0 Å². The summed E-state index contributed by atoms with van der Waals surface area (Å²) in [5.41, 5.74) is 7.99. The van der Waals surface area contributed by atoms with Gasteiger partial charge in [0.15, 0.2) is 0 Å². The Bertz CT molecular complexity index is 420. The van der Waals surface area contributed by atoms with Crippen LogP contribution in [-0.4, -0.2) is 12.6 Å². The van der Waals surface area contributed by atoms with Gasteiger partial charge in [-0.15, -0.1) is 0 Å². The van der Waals surface area contributed by atoms with E-state index in [0.717, 1.165) is 25.1 Å². The maximum atomic E-state index is 9.05. The van der Waals surface area contributed by atoms with Crippen molar-refractivity contribution >= 4 is 11.4 Å². The molecule has 0 saturated carbocycles. The Balaban J connectivity index is 3.01. The predicted octanol–water partition coefficient (Wildman–Crippen LogP) is 3.55. The first-order valence-corrected chi connectivity index (χ1v) is 6.70. The zero-order valence-electron chi connectivity index (χ0n) is 11.6.